The SMILES string of the molecule is Cc1cc(C(NC(C)C)C(=O)O)cc(C)c1O. The van der Waals surface area contributed by atoms with Crippen LogP contribution < -0.4 is 5.32 Å². The highest BCUT2D eigenvalue weighted by Crippen LogP contribution is 2.26. The molecule has 3 N–H and O–H groups in total. The van der Waals surface area contributed by atoms with Crippen molar-refractivity contribution in [3.05, 3.63) is 28.8 Å². The summed E-state index contributed by atoms with van der Waals surface area (Å²) in [5.41, 5.74) is 2.05. The molecule has 0 fully saturated rings. The van der Waals surface area contributed by atoms with Crippen LogP contribution in [0.15, 0.2) is 12.1 Å². The van der Waals surface area contributed by atoms with Crippen LogP contribution in [-0.2, 0) is 4.79 Å². The van der Waals surface area contributed by atoms with Gasteiger partial charge >= 0.3 is 5.97 Å². The molecule has 0 amide bonds. The van der Waals surface area contributed by atoms with Crippen molar-refractivity contribution in [2.45, 2.75) is 39.8 Å². The Labute approximate surface area is 101 Å². The summed E-state index contributed by atoms with van der Waals surface area (Å²) >= 11 is 0. The Hall–Kier alpha value is -1.55. The third kappa shape index (κ3) is 3.20. The van der Waals surface area contributed by atoms with E-state index in [2.05, 4.69) is 5.32 Å². The van der Waals surface area contributed by atoms with Gasteiger partial charge in [-0.05, 0) is 44.4 Å². The van der Waals surface area contributed by atoms with Gasteiger partial charge in [0.25, 0.3) is 0 Å². The van der Waals surface area contributed by atoms with E-state index < -0.39 is 12.0 Å². The summed E-state index contributed by atoms with van der Waals surface area (Å²) in [7, 11) is 0. The van der Waals surface area contributed by atoms with E-state index in [4.69, 9.17) is 0 Å². The van der Waals surface area contributed by atoms with Gasteiger partial charge in [-0.1, -0.05) is 12.1 Å². The first-order valence-electron chi connectivity index (χ1n) is 5.62. The Balaban J connectivity index is 3.15. The third-order valence-corrected chi connectivity index (χ3v) is 2.59. The smallest absolute Gasteiger partial charge is 0.325 e. The summed E-state index contributed by atoms with van der Waals surface area (Å²) < 4.78 is 0. The van der Waals surface area contributed by atoms with E-state index in [-0.39, 0.29) is 11.8 Å². The maximum atomic E-state index is 11.2. The topological polar surface area (TPSA) is 69.6 Å². The minimum atomic E-state index is -0.914. The van der Waals surface area contributed by atoms with Crippen LogP contribution in [0, 0.1) is 13.8 Å². The minimum absolute atomic E-state index is 0.0746. The molecule has 0 saturated carbocycles. The van der Waals surface area contributed by atoms with Crippen molar-refractivity contribution in [2.24, 2.45) is 0 Å². The van der Waals surface area contributed by atoms with Crippen molar-refractivity contribution < 1.29 is 15.0 Å². The average molecular weight is 237 g/mol. The fourth-order valence-corrected chi connectivity index (χ4v) is 1.80. The quantitative estimate of drug-likeness (QED) is 0.750. The number of benzene rings is 1. The number of nitrogens with one attached hydrogen (secondary N) is 1. The van der Waals surface area contributed by atoms with Gasteiger partial charge in [0, 0.05) is 6.04 Å². The Morgan fingerprint density at radius 2 is 1.71 bits per heavy atom. The lowest BCUT2D eigenvalue weighted by Crippen LogP contribution is -2.33. The first-order valence-corrected chi connectivity index (χ1v) is 5.62. The third-order valence-electron chi connectivity index (χ3n) is 2.59. The van der Waals surface area contributed by atoms with Gasteiger partial charge in [-0.25, -0.2) is 0 Å². The molecule has 0 aliphatic rings. The number of aromatic hydroxyl groups is 1. The first-order chi connectivity index (χ1) is 7.82. The number of carboxylic acid groups (broad SMARTS) is 1. The summed E-state index contributed by atoms with van der Waals surface area (Å²) in [6.45, 7) is 7.33. The highest BCUT2D eigenvalue weighted by atomic mass is 16.4. The molecular weight excluding hydrogens is 218 g/mol. The summed E-state index contributed by atoms with van der Waals surface area (Å²) in [6, 6.07) is 2.74. The molecule has 94 valence electrons. The number of carboxylic acids is 1. The van der Waals surface area contributed by atoms with Crippen molar-refractivity contribution >= 4 is 5.97 Å². The number of rotatable bonds is 4. The highest BCUT2D eigenvalue weighted by molar-refractivity contribution is 5.76. The predicted molar refractivity (Wildman–Crippen MR) is 66.2 cm³/mol. The standard InChI is InChI=1S/C13H19NO3/c1-7(2)14-11(13(16)17)10-5-8(3)12(15)9(4)6-10/h5-7,11,14-15H,1-4H3,(H,16,17). The molecule has 1 aromatic rings. The summed E-state index contributed by atoms with van der Waals surface area (Å²) in [5, 5.41) is 21.9. The van der Waals surface area contributed by atoms with Crippen LogP contribution in [0.5, 0.6) is 5.75 Å². The number of hydrogen-bond donors (Lipinski definition) is 3. The second-order valence-electron chi connectivity index (χ2n) is 4.60. The number of carbonyl (C=O) groups is 1. The second kappa shape index (κ2) is 5.19. The molecule has 0 aromatic heterocycles. The maximum Gasteiger partial charge on any atom is 0.325 e. The first kappa shape index (κ1) is 13.5. The van der Waals surface area contributed by atoms with Crippen LogP contribution in [0.3, 0.4) is 0 Å². The van der Waals surface area contributed by atoms with Crippen molar-refractivity contribution in [1.29, 1.82) is 0 Å². The molecule has 0 spiro atoms. The molecule has 0 aliphatic heterocycles. The lowest BCUT2D eigenvalue weighted by atomic mass is 10.00. The Bertz CT molecular complexity index is 404. The van der Waals surface area contributed by atoms with Crippen molar-refractivity contribution in [2.75, 3.05) is 0 Å². The molecule has 4 nitrogen and oxygen atoms in total. The van der Waals surface area contributed by atoms with Gasteiger partial charge in [0.2, 0.25) is 0 Å². The van der Waals surface area contributed by atoms with Crippen LogP contribution >= 0.6 is 0 Å². The number of aliphatic carboxylic acids is 1. The monoisotopic (exact) mass is 237 g/mol. The van der Waals surface area contributed by atoms with Crippen molar-refractivity contribution in [1.82, 2.24) is 5.32 Å². The number of phenolic OH excluding ortho intramolecular Hbond substituents is 1. The molecule has 0 aliphatic carbocycles. The van der Waals surface area contributed by atoms with Crippen LogP contribution in [0.1, 0.15) is 36.6 Å². The fraction of sp³-hybridized carbons (Fsp3) is 0.462. The predicted octanol–water partition coefficient (Wildman–Crippen LogP) is 2.13. The van der Waals surface area contributed by atoms with E-state index in [9.17, 15) is 15.0 Å². The molecular formula is C13H19NO3. The summed E-state index contributed by atoms with van der Waals surface area (Å²) in [5.74, 6) is -0.689. The maximum absolute atomic E-state index is 11.2. The van der Waals surface area contributed by atoms with E-state index in [1.165, 1.54) is 0 Å². The van der Waals surface area contributed by atoms with Gasteiger partial charge in [-0.2, -0.15) is 0 Å². The zero-order valence-corrected chi connectivity index (χ0v) is 10.6. The molecule has 1 aromatic carbocycles. The number of hydrogen-bond acceptors (Lipinski definition) is 3. The Morgan fingerprint density at radius 1 is 1.24 bits per heavy atom. The lowest BCUT2D eigenvalue weighted by Gasteiger charge is -2.19. The van der Waals surface area contributed by atoms with E-state index in [0.717, 1.165) is 0 Å². The fourth-order valence-electron chi connectivity index (χ4n) is 1.80. The number of aryl methyl sites for hydroxylation is 2. The van der Waals surface area contributed by atoms with Crippen molar-refractivity contribution in [3.8, 4) is 5.75 Å². The molecule has 0 radical (unpaired) electrons. The van der Waals surface area contributed by atoms with Gasteiger partial charge in [0.15, 0.2) is 0 Å². The molecule has 0 bridgehead atoms. The minimum Gasteiger partial charge on any atom is -0.507 e. The van der Waals surface area contributed by atoms with E-state index in [1.807, 2.05) is 13.8 Å². The largest absolute Gasteiger partial charge is 0.507 e. The summed E-state index contributed by atoms with van der Waals surface area (Å²) in [6.07, 6.45) is 0. The molecule has 1 rings (SSSR count). The molecule has 1 atom stereocenters. The Morgan fingerprint density at radius 3 is 2.06 bits per heavy atom. The molecule has 1 unspecified atom stereocenters. The number of phenols is 1. The van der Waals surface area contributed by atoms with Gasteiger partial charge in [0.1, 0.15) is 11.8 Å². The molecule has 0 heterocycles. The Kier molecular flexibility index (Phi) is 4.12. The van der Waals surface area contributed by atoms with Crippen LogP contribution in [0.25, 0.3) is 0 Å². The van der Waals surface area contributed by atoms with Gasteiger partial charge < -0.3 is 10.2 Å². The van der Waals surface area contributed by atoms with E-state index >= 15 is 0 Å². The van der Waals surface area contributed by atoms with Crippen LogP contribution in [0.4, 0.5) is 0 Å². The van der Waals surface area contributed by atoms with Crippen molar-refractivity contribution in [3.63, 3.8) is 0 Å². The van der Waals surface area contributed by atoms with E-state index in [1.54, 1.807) is 26.0 Å². The summed E-state index contributed by atoms with van der Waals surface area (Å²) in [4.78, 5) is 11.2. The lowest BCUT2D eigenvalue weighted by molar-refractivity contribution is -0.139. The normalized spacial score (nSPS) is 12.8. The van der Waals surface area contributed by atoms with Gasteiger partial charge in [0.05, 0.1) is 0 Å². The zero-order chi connectivity index (χ0) is 13.2. The van der Waals surface area contributed by atoms with E-state index in [0.29, 0.717) is 16.7 Å². The zero-order valence-electron chi connectivity index (χ0n) is 10.6. The van der Waals surface area contributed by atoms with Crippen LogP contribution in [0.2, 0.25) is 0 Å². The molecule has 0 saturated heterocycles. The van der Waals surface area contributed by atoms with Gasteiger partial charge in [-0.3, -0.25) is 10.1 Å². The molecule has 4 heteroatoms. The highest BCUT2D eigenvalue weighted by Gasteiger charge is 2.21. The second-order valence-corrected chi connectivity index (χ2v) is 4.60. The van der Waals surface area contributed by atoms with Gasteiger partial charge in [-0.15, -0.1) is 0 Å². The molecule has 17 heavy (non-hydrogen) atoms. The average Bonchev–Trinajstić information content (AvgIpc) is 2.21. The van der Waals surface area contributed by atoms with Crippen LogP contribution in [-0.4, -0.2) is 22.2 Å².